The predicted octanol–water partition coefficient (Wildman–Crippen LogP) is 5.95. The van der Waals surface area contributed by atoms with Gasteiger partial charge in [-0.25, -0.2) is 5.43 Å². The fourth-order valence-electron chi connectivity index (χ4n) is 2.80. The Morgan fingerprint density at radius 2 is 1.88 bits per heavy atom. The maximum atomic E-state index is 12.3. The molecule has 0 aliphatic rings. The molecule has 0 radical (unpaired) electrons. The quantitative estimate of drug-likeness (QED) is 0.227. The highest BCUT2D eigenvalue weighted by Gasteiger charge is 2.13. The van der Waals surface area contributed by atoms with Crippen molar-refractivity contribution in [3.63, 3.8) is 0 Å². The van der Waals surface area contributed by atoms with E-state index in [0.717, 1.165) is 16.0 Å². The molecule has 0 saturated carbocycles. The van der Waals surface area contributed by atoms with Gasteiger partial charge in [0.05, 0.1) is 18.1 Å². The van der Waals surface area contributed by atoms with Gasteiger partial charge in [0.1, 0.15) is 6.61 Å². The highest BCUT2D eigenvalue weighted by Crippen LogP contribution is 2.29. The Morgan fingerprint density at radius 1 is 1.06 bits per heavy atom. The Bertz CT molecular complexity index is 1060. The van der Waals surface area contributed by atoms with Crippen LogP contribution < -0.4 is 14.9 Å². The lowest BCUT2D eigenvalue weighted by Gasteiger charge is -2.13. The van der Waals surface area contributed by atoms with Gasteiger partial charge in [-0.15, -0.1) is 11.8 Å². The number of benzene rings is 3. The number of nitrogens with one attached hydrogen (secondary N) is 1. The fourth-order valence-corrected chi connectivity index (χ4v) is 3.89. The first kappa shape index (κ1) is 23.7. The number of rotatable bonds is 10. The van der Waals surface area contributed by atoms with Crippen LogP contribution in [-0.2, 0) is 11.4 Å². The van der Waals surface area contributed by atoms with Crippen molar-refractivity contribution in [2.24, 2.45) is 5.10 Å². The van der Waals surface area contributed by atoms with Gasteiger partial charge in [0.15, 0.2) is 11.5 Å². The van der Waals surface area contributed by atoms with Crippen molar-refractivity contribution in [2.75, 3.05) is 6.61 Å². The number of amides is 1. The van der Waals surface area contributed by atoms with Crippen LogP contribution in [-0.4, -0.2) is 24.0 Å². The lowest BCUT2D eigenvalue weighted by Crippen LogP contribution is -2.26. The number of carbonyl (C=O) groups is 1. The summed E-state index contributed by atoms with van der Waals surface area (Å²) in [5.41, 5.74) is 4.35. The minimum atomic E-state index is -0.268. The van der Waals surface area contributed by atoms with E-state index in [9.17, 15) is 4.79 Å². The van der Waals surface area contributed by atoms with Gasteiger partial charge < -0.3 is 9.47 Å². The van der Waals surface area contributed by atoms with Gasteiger partial charge in [0, 0.05) is 9.92 Å². The van der Waals surface area contributed by atoms with E-state index in [-0.39, 0.29) is 11.2 Å². The number of ether oxygens (including phenoxy) is 2. The Balaban J connectivity index is 1.59. The summed E-state index contributed by atoms with van der Waals surface area (Å²) >= 11 is 7.52. The van der Waals surface area contributed by atoms with E-state index in [0.29, 0.717) is 29.7 Å². The largest absolute Gasteiger partial charge is 0.490 e. The minimum absolute atomic E-state index is 0.165. The summed E-state index contributed by atoms with van der Waals surface area (Å²) < 4.78 is 11.6. The molecule has 0 fully saturated rings. The number of thioether (sulfide) groups is 1. The molecular weight excluding hydrogens is 444 g/mol. The summed E-state index contributed by atoms with van der Waals surface area (Å²) in [6.45, 7) is 4.63. The minimum Gasteiger partial charge on any atom is -0.490 e. The molecule has 1 atom stereocenters. The van der Waals surface area contributed by atoms with Gasteiger partial charge in [-0.05, 0) is 67.4 Å². The van der Waals surface area contributed by atoms with Crippen LogP contribution >= 0.6 is 23.4 Å². The molecular formula is C25H25ClN2O3S. The SMILES string of the molecule is CCOc1cc(/C=N\NC(=O)[C@H](C)Sc2ccccc2)ccc1OCc1cccc(Cl)c1. The average Bonchev–Trinajstić information content (AvgIpc) is 2.79. The zero-order valence-corrected chi connectivity index (χ0v) is 19.5. The first-order chi connectivity index (χ1) is 15.5. The van der Waals surface area contributed by atoms with Crippen molar-refractivity contribution in [3.8, 4) is 11.5 Å². The highest BCUT2D eigenvalue weighted by atomic mass is 35.5. The molecule has 1 amide bonds. The molecule has 0 aromatic heterocycles. The van der Waals surface area contributed by atoms with Crippen LogP contribution in [0.2, 0.25) is 5.02 Å². The van der Waals surface area contributed by atoms with E-state index in [2.05, 4.69) is 10.5 Å². The molecule has 0 heterocycles. The molecule has 0 saturated heterocycles. The van der Waals surface area contributed by atoms with Crippen LogP contribution in [0.3, 0.4) is 0 Å². The Hall–Kier alpha value is -2.96. The van der Waals surface area contributed by atoms with Crippen LogP contribution in [0.5, 0.6) is 11.5 Å². The number of hydrogen-bond acceptors (Lipinski definition) is 5. The van der Waals surface area contributed by atoms with Crippen molar-refractivity contribution in [2.45, 2.75) is 30.6 Å². The monoisotopic (exact) mass is 468 g/mol. The molecule has 5 nitrogen and oxygen atoms in total. The van der Waals surface area contributed by atoms with E-state index in [4.69, 9.17) is 21.1 Å². The van der Waals surface area contributed by atoms with E-state index in [1.54, 1.807) is 6.21 Å². The Labute approximate surface area is 197 Å². The van der Waals surface area contributed by atoms with Gasteiger partial charge in [-0.2, -0.15) is 5.10 Å². The summed E-state index contributed by atoms with van der Waals surface area (Å²) in [6.07, 6.45) is 1.58. The standard InChI is InChI=1S/C25H25ClN2O3S/c1-3-30-24-15-19(12-13-23(24)31-17-20-8-7-9-21(26)14-20)16-27-28-25(29)18(2)32-22-10-5-4-6-11-22/h4-16,18H,3,17H2,1-2H3,(H,28,29)/b27-16-/t18-/m0/s1. The molecule has 0 aliphatic carbocycles. The van der Waals surface area contributed by atoms with Gasteiger partial charge in [0.25, 0.3) is 5.91 Å². The van der Waals surface area contributed by atoms with E-state index < -0.39 is 0 Å². The number of hydrogen-bond donors (Lipinski definition) is 1. The molecule has 3 aromatic carbocycles. The van der Waals surface area contributed by atoms with E-state index >= 15 is 0 Å². The van der Waals surface area contributed by atoms with Gasteiger partial charge in [0.2, 0.25) is 0 Å². The predicted molar refractivity (Wildman–Crippen MR) is 131 cm³/mol. The summed E-state index contributed by atoms with van der Waals surface area (Å²) in [5.74, 6) is 1.07. The number of halogens is 1. The molecule has 7 heteroatoms. The molecule has 32 heavy (non-hydrogen) atoms. The van der Waals surface area contributed by atoms with Crippen LogP contribution in [0.4, 0.5) is 0 Å². The zero-order valence-electron chi connectivity index (χ0n) is 18.0. The smallest absolute Gasteiger partial charge is 0.253 e. The Morgan fingerprint density at radius 3 is 2.62 bits per heavy atom. The van der Waals surface area contributed by atoms with Crippen LogP contribution in [0.15, 0.2) is 82.8 Å². The molecule has 3 aromatic rings. The first-order valence-corrected chi connectivity index (χ1v) is 11.5. The van der Waals surface area contributed by atoms with Gasteiger partial charge >= 0.3 is 0 Å². The van der Waals surface area contributed by atoms with E-state index in [1.807, 2.05) is 86.6 Å². The third-order valence-electron chi connectivity index (χ3n) is 4.36. The molecule has 1 N–H and O–H groups in total. The molecule has 3 rings (SSSR count). The maximum absolute atomic E-state index is 12.3. The third-order valence-corrected chi connectivity index (χ3v) is 5.71. The summed E-state index contributed by atoms with van der Waals surface area (Å²) in [4.78, 5) is 13.3. The summed E-state index contributed by atoms with van der Waals surface area (Å²) in [5, 5.41) is 4.49. The summed E-state index contributed by atoms with van der Waals surface area (Å²) in [7, 11) is 0. The van der Waals surface area contributed by atoms with Crippen LogP contribution in [0.25, 0.3) is 0 Å². The fraction of sp³-hybridized carbons (Fsp3) is 0.200. The normalized spacial score (nSPS) is 11.8. The average molecular weight is 469 g/mol. The van der Waals surface area contributed by atoms with Crippen molar-refractivity contribution >= 4 is 35.5 Å². The van der Waals surface area contributed by atoms with Gasteiger partial charge in [-0.3, -0.25) is 4.79 Å². The Kier molecular flexibility index (Phi) is 9.01. The van der Waals surface area contributed by atoms with E-state index in [1.165, 1.54) is 11.8 Å². The molecule has 0 unspecified atom stereocenters. The lowest BCUT2D eigenvalue weighted by molar-refractivity contribution is -0.120. The highest BCUT2D eigenvalue weighted by molar-refractivity contribution is 8.00. The molecule has 166 valence electrons. The topological polar surface area (TPSA) is 59.9 Å². The molecule has 0 spiro atoms. The van der Waals surface area contributed by atoms with Crippen molar-refractivity contribution < 1.29 is 14.3 Å². The van der Waals surface area contributed by atoms with Crippen molar-refractivity contribution in [3.05, 3.63) is 88.9 Å². The van der Waals surface area contributed by atoms with Crippen molar-refractivity contribution in [1.82, 2.24) is 5.43 Å². The van der Waals surface area contributed by atoms with Crippen molar-refractivity contribution in [1.29, 1.82) is 0 Å². The number of nitrogens with zero attached hydrogens (tertiary/aromatic N) is 1. The molecule has 0 aliphatic heterocycles. The van der Waals surface area contributed by atoms with Crippen LogP contribution in [0.1, 0.15) is 25.0 Å². The second-order valence-corrected chi connectivity index (χ2v) is 8.72. The second kappa shape index (κ2) is 12.2. The summed E-state index contributed by atoms with van der Waals surface area (Å²) in [6, 6.07) is 22.8. The third kappa shape index (κ3) is 7.32. The van der Waals surface area contributed by atoms with Gasteiger partial charge in [-0.1, -0.05) is 41.9 Å². The second-order valence-electron chi connectivity index (χ2n) is 6.87. The number of hydrazone groups is 1. The maximum Gasteiger partial charge on any atom is 0.253 e. The first-order valence-electron chi connectivity index (χ1n) is 10.2. The number of carbonyl (C=O) groups excluding carboxylic acids is 1. The van der Waals surface area contributed by atoms with Crippen LogP contribution in [0, 0.1) is 0 Å². The lowest BCUT2D eigenvalue weighted by atomic mass is 10.2. The zero-order chi connectivity index (χ0) is 22.8. The molecule has 0 bridgehead atoms.